The largest absolute Gasteiger partial charge is 0.493 e. The molecule has 44 heavy (non-hydrogen) atoms. The fraction of sp³-hybridized carbons (Fsp3) is 0.629. The Morgan fingerprint density at radius 1 is 1.00 bits per heavy atom. The third-order valence-corrected chi connectivity index (χ3v) is 9.81. The molecule has 1 N–H and O–H groups in total. The van der Waals surface area contributed by atoms with Crippen molar-refractivity contribution in [3.05, 3.63) is 53.1 Å². The van der Waals surface area contributed by atoms with E-state index in [1.165, 1.54) is 5.56 Å². The first-order chi connectivity index (χ1) is 21.3. The number of piperidine rings is 2. The van der Waals surface area contributed by atoms with Crippen molar-refractivity contribution in [2.45, 2.75) is 96.8 Å². The summed E-state index contributed by atoms with van der Waals surface area (Å²) < 4.78 is 5.99. The third-order valence-electron chi connectivity index (χ3n) is 9.81. The monoisotopic (exact) mass is 603 g/mol. The Labute approximate surface area is 262 Å². The van der Waals surface area contributed by atoms with Crippen LogP contribution >= 0.6 is 0 Å². The van der Waals surface area contributed by atoms with Gasteiger partial charge in [0.25, 0.3) is 0 Å². The number of nitrogens with one attached hydrogen (secondary N) is 1. The Balaban J connectivity index is 1.15. The first-order valence-electron chi connectivity index (χ1n) is 16.7. The molecule has 9 heteroatoms. The van der Waals surface area contributed by atoms with Gasteiger partial charge in [0.05, 0.1) is 6.61 Å². The predicted octanol–water partition coefficient (Wildman–Crippen LogP) is 4.75. The number of amides is 3. The summed E-state index contributed by atoms with van der Waals surface area (Å²) in [4.78, 5) is 51.2. The molecule has 2 fully saturated rings. The molecule has 1 unspecified atom stereocenters. The third kappa shape index (κ3) is 8.57. The molecule has 238 valence electrons. The second-order valence-electron chi connectivity index (χ2n) is 13.1. The number of carbonyl (C=O) groups is 3. The molecule has 0 saturated carbocycles. The summed E-state index contributed by atoms with van der Waals surface area (Å²) in [6.45, 7) is 7.71. The van der Waals surface area contributed by atoms with Crippen LogP contribution in [0.1, 0.15) is 99.8 Å². The van der Waals surface area contributed by atoms with Gasteiger partial charge in [-0.15, -0.1) is 0 Å². The maximum Gasteiger partial charge on any atom is 0.222 e. The van der Waals surface area contributed by atoms with Gasteiger partial charge in [0, 0.05) is 69.8 Å². The SMILES string of the molecule is CC(=O)N1CCCC(c2cc(CCC(=O)N3CCC4(CCCCc5ccccc5OCCCC(=O)NC4)CC3)nc(C)n2)C1. The zero-order valence-corrected chi connectivity index (χ0v) is 26.6. The average molecular weight is 604 g/mol. The van der Waals surface area contributed by atoms with Crippen LogP contribution in [-0.4, -0.2) is 76.8 Å². The minimum Gasteiger partial charge on any atom is -0.493 e. The average Bonchev–Trinajstić information content (AvgIpc) is 3.03. The number of para-hydroxylation sites is 1. The number of ether oxygens (including phenoxy) is 1. The van der Waals surface area contributed by atoms with Gasteiger partial charge in [-0.3, -0.25) is 14.4 Å². The number of fused-ring (bicyclic) bond motifs is 1. The van der Waals surface area contributed by atoms with Crippen molar-refractivity contribution in [2.24, 2.45) is 5.41 Å². The molecule has 1 aromatic heterocycles. The van der Waals surface area contributed by atoms with Crippen molar-refractivity contribution in [3.63, 3.8) is 0 Å². The molecule has 9 nitrogen and oxygen atoms in total. The van der Waals surface area contributed by atoms with E-state index < -0.39 is 0 Å². The molecule has 1 spiro atoms. The molecule has 2 saturated heterocycles. The molecule has 5 rings (SSSR count). The standard InChI is InChI=1S/C35H49N5O4/c1-26-37-30(23-31(38-26)29-11-7-19-40(24-29)27(2)41)14-15-34(43)39-20-17-35(18-21-39)16-6-5-10-28-9-3-4-12-32(28)44-22-8-13-33(42)36-25-35/h3-4,9,12,23,29H,5-8,10-11,13-22,24-25H2,1-2H3,(H,36,42). The van der Waals surface area contributed by atoms with Gasteiger partial charge in [0.15, 0.2) is 0 Å². The molecule has 0 bridgehead atoms. The van der Waals surface area contributed by atoms with E-state index in [9.17, 15) is 14.4 Å². The van der Waals surface area contributed by atoms with E-state index >= 15 is 0 Å². The normalized spacial score (nSPS) is 21.5. The highest BCUT2D eigenvalue weighted by molar-refractivity contribution is 5.77. The maximum atomic E-state index is 13.3. The summed E-state index contributed by atoms with van der Waals surface area (Å²) in [6, 6.07) is 10.3. The number of benzene rings is 1. The van der Waals surface area contributed by atoms with E-state index in [0.29, 0.717) is 45.4 Å². The van der Waals surface area contributed by atoms with Gasteiger partial charge in [-0.1, -0.05) is 24.6 Å². The van der Waals surface area contributed by atoms with Crippen molar-refractivity contribution in [3.8, 4) is 5.75 Å². The van der Waals surface area contributed by atoms with Crippen molar-refractivity contribution in [2.75, 3.05) is 39.3 Å². The van der Waals surface area contributed by atoms with E-state index in [4.69, 9.17) is 9.72 Å². The second kappa shape index (κ2) is 15.0. The van der Waals surface area contributed by atoms with E-state index in [1.807, 2.05) is 34.9 Å². The number of hydrogen-bond acceptors (Lipinski definition) is 6. The Hall–Kier alpha value is -3.49. The number of aromatic nitrogens is 2. The second-order valence-corrected chi connectivity index (χ2v) is 13.1. The van der Waals surface area contributed by atoms with E-state index in [0.717, 1.165) is 94.0 Å². The number of carbonyl (C=O) groups excluding carboxylic acids is 3. The van der Waals surface area contributed by atoms with Gasteiger partial charge in [0.2, 0.25) is 17.7 Å². The lowest BCUT2D eigenvalue weighted by Gasteiger charge is -2.42. The smallest absolute Gasteiger partial charge is 0.222 e. The van der Waals surface area contributed by atoms with Gasteiger partial charge in [-0.2, -0.15) is 0 Å². The minimum absolute atomic E-state index is 0.0268. The Morgan fingerprint density at radius 2 is 1.82 bits per heavy atom. The fourth-order valence-electron chi connectivity index (χ4n) is 7.09. The van der Waals surface area contributed by atoms with Crippen LogP contribution in [0.2, 0.25) is 0 Å². The molecule has 1 atom stereocenters. The molecule has 4 heterocycles. The summed E-state index contributed by atoms with van der Waals surface area (Å²) in [6.07, 6.45) is 10.2. The highest BCUT2D eigenvalue weighted by Gasteiger charge is 2.36. The van der Waals surface area contributed by atoms with Crippen molar-refractivity contribution in [1.82, 2.24) is 25.1 Å². The molecule has 1 aromatic carbocycles. The summed E-state index contributed by atoms with van der Waals surface area (Å²) >= 11 is 0. The fourth-order valence-corrected chi connectivity index (χ4v) is 7.09. The summed E-state index contributed by atoms with van der Waals surface area (Å²) in [7, 11) is 0. The van der Waals surface area contributed by atoms with Crippen LogP contribution in [0.25, 0.3) is 0 Å². The van der Waals surface area contributed by atoms with Crippen LogP contribution < -0.4 is 10.1 Å². The molecule has 3 aliphatic heterocycles. The highest BCUT2D eigenvalue weighted by atomic mass is 16.5. The minimum atomic E-state index is 0.0268. The van der Waals surface area contributed by atoms with Gasteiger partial charge >= 0.3 is 0 Å². The van der Waals surface area contributed by atoms with Crippen LogP contribution in [0.4, 0.5) is 0 Å². The zero-order valence-electron chi connectivity index (χ0n) is 26.6. The maximum absolute atomic E-state index is 13.3. The molecule has 2 aromatic rings. The topological polar surface area (TPSA) is 105 Å². The number of aryl methyl sites for hydroxylation is 3. The van der Waals surface area contributed by atoms with Crippen LogP contribution in [-0.2, 0) is 27.2 Å². The summed E-state index contributed by atoms with van der Waals surface area (Å²) in [5.74, 6) is 2.23. The van der Waals surface area contributed by atoms with Gasteiger partial charge in [-0.25, -0.2) is 9.97 Å². The quantitative estimate of drug-likeness (QED) is 0.541. The van der Waals surface area contributed by atoms with E-state index in [1.54, 1.807) is 6.92 Å². The Kier molecular flexibility index (Phi) is 10.9. The zero-order chi connectivity index (χ0) is 30.9. The Morgan fingerprint density at radius 3 is 2.64 bits per heavy atom. The lowest BCUT2D eigenvalue weighted by molar-refractivity contribution is -0.134. The molecular formula is C35H49N5O4. The molecule has 0 aliphatic carbocycles. The van der Waals surface area contributed by atoms with Crippen LogP contribution in [0.15, 0.2) is 30.3 Å². The molecule has 0 radical (unpaired) electrons. The van der Waals surface area contributed by atoms with Gasteiger partial charge in [-0.05, 0) is 87.8 Å². The van der Waals surface area contributed by atoms with Crippen molar-refractivity contribution in [1.29, 1.82) is 0 Å². The predicted molar refractivity (Wildman–Crippen MR) is 169 cm³/mol. The number of nitrogens with zero attached hydrogens (tertiary/aromatic N) is 4. The molecule has 3 aliphatic rings. The van der Waals surface area contributed by atoms with Crippen molar-refractivity contribution >= 4 is 17.7 Å². The first-order valence-corrected chi connectivity index (χ1v) is 16.7. The van der Waals surface area contributed by atoms with Gasteiger partial charge < -0.3 is 19.9 Å². The van der Waals surface area contributed by atoms with Crippen molar-refractivity contribution < 1.29 is 19.1 Å². The molecule has 3 amide bonds. The summed E-state index contributed by atoms with van der Waals surface area (Å²) in [5.41, 5.74) is 3.15. The van der Waals surface area contributed by atoms with Gasteiger partial charge in [0.1, 0.15) is 11.6 Å². The van der Waals surface area contributed by atoms with Crippen LogP contribution in [0, 0.1) is 12.3 Å². The van der Waals surface area contributed by atoms with E-state index in [-0.39, 0.29) is 29.1 Å². The lowest BCUT2D eigenvalue weighted by Crippen LogP contribution is -2.48. The molecular weight excluding hydrogens is 554 g/mol. The summed E-state index contributed by atoms with van der Waals surface area (Å²) in [5, 5.41) is 3.22. The van der Waals surface area contributed by atoms with Crippen LogP contribution in [0.5, 0.6) is 5.75 Å². The number of likely N-dealkylation sites (tertiary alicyclic amines) is 2. The highest BCUT2D eigenvalue weighted by Crippen LogP contribution is 2.37. The number of hydrogen-bond donors (Lipinski definition) is 1. The first kappa shape index (κ1) is 31.9. The van der Waals surface area contributed by atoms with Crippen LogP contribution in [0.3, 0.4) is 0 Å². The Bertz CT molecular complexity index is 1310. The number of rotatable bonds is 4. The van der Waals surface area contributed by atoms with E-state index in [2.05, 4.69) is 22.4 Å². The lowest BCUT2D eigenvalue weighted by atomic mass is 9.74.